The van der Waals surface area contributed by atoms with Crippen LogP contribution in [0.2, 0.25) is 0 Å². The van der Waals surface area contributed by atoms with Crippen molar-refractivity contribution in [3.63, 3.8) is 0 Å². The Balaban J connectivity index is 2.73. The average molecular weight is 194 g/mol. The van der Waals surface area contributed by atoms with Gasteiger partial charge in [-0.3, -0.25) is 4.79 Å². The first-order valence-electron chi connectivity index (χ1n) is 4.39. The van der Waals surface area contributed by atoms with Crippen molar-refractivity contribution in [3.8, 4) is 0 Å². The molecule has 0 aliphatic heterocycles. The first-order valence-corrected chi connectivity index (χ1v) is 4.39. The number of hydrogen-bond acceptors (Lipinski definition) is 3. The van der Waals surface area contributed by atoms with Gasteiger partial charge in [-0.1, -0.05) is 24.3 Å². The summed E-state index contributed by atoms with van der Waals surface area (Å²) < 4.78 is 0. The van der Waals surface area contributed by atoms with Crippen LogP contribution in [0.25, 0.3) is 0 Å². The molecule has 5 N–H and O–H groups in total. The van der Waals surface area contributed by atoms with Gasteiger partial charge < -0.3 is 16.6 Å². The molecule has 0 heterocycles. The van der Waals surface area contributed by atoms with Crippen molar-refractivity contribution in [2.24, 2.45) is 11.5 Å². The summed E-state index contributed by atoms with van der Waals surface area (Å²) in [6.07, 6.45) is 0.0398. The van der Waals surface area contributed by atoms with Crippen molar-refractivity contribution < 1.29 is 9.90 Å². The van der Waals surface area contributed by atoms with Crippen LogP contribution in [0.3, 0.4) is 0 Å². The molecule has 0 aliphatic rings. The molecule has 0 bridgehead atoms. The van der Waals surface area contributed by atoms with Crippen LogP contribution in [0.4, 0.5) is 0 Å². The molecule has 0 aromatic heterocycles. The Morgan fingerprint density at radius 3 is 2.36 bits per heavy atom. The Morgan fingerprint density at radius 2 is 1.93 bits per heavy atom. The second-order valence-corrected chi connectivity index (χ2v) is 3.15. The molecular weight excluding hydrogens is 180 g/mol. The molecule has 0 amide bonds. The molecule has 1 rings (SSSR count). The lowest BCUT2D eigenvalue weighted by molar-refractivity contribution is -0.136. The van der Waals surface area contributed by atoms with Gasteiger partial charge in [0.05, 0.1) is 6.42 Å². The van der Waals surface area contributed by atoms with E-state index in [4.69, 9.17) is 16.6 Å². The van der Waals surface area contributed by atoms with Crippen LogP contribution in [0.5, 0.6) is 0 Å². The fraction of sp³-hybridized carbons (Fsp3) is 0.300. The van der Waals surface area contributed by atoms with Gasteiger partial charge in [0.15, 0.2) is 0 Å². The summed E-state index contributed by atoms with van der Waals surface area (Å²) in [6, 6.07) is 6.98. The average Bonchev–Trinajstić information content (AvgIpc) is 2.17. The molecule has 0 radical (unpaired) electrons. The van der Waals surface area contributed by atoms with Gasteiger partial charge in [0, 0.05) is 12.6 Å². The van der Waals surface area contributed by atoms with Crippen molar-refractivity contribution in [2.75, 3.05) is 6.54 Å². The molecule has 0 aliphatic carbocycles. The molecule has 0 unspecified atom stereocenters. The van der Waals surface area contributed by atoms with Crippen LogP contribution in [-0.4, -0.2) is 17.6 Å². The van der Waals surface area contributed by atoms with E-state index in [1.807, 2.05) is 12.1 Å². The summed E-state index contributed by atoms with van der Waals surface area (Å²) in [5.74, 6) is -0.833. The Bertz CT molecular complexity index is 308. The minimum atomic E-state index is -0.833. The Labute approximate surface area is 82.5 Å². The first-order chi connectivity index (χ1) is 6.63. The zero-order chi connectivity index (χ0) is 10.6. The number of aliphatic carboxylic acids is 1. The van der Waals surface area contributed by atoms with E-state index in [1.165, 1.54) is 0 Å². The molecule has 1 atom stereocenters. The normalized spacial score (nSPS) is 12.4. The summed E-state index contributed by atoms with van der Waals surface area (Å²) >= 11 is 0. The Kier molecular flexibility index (Phi) is 3.62. The Morgan fingerprint density at radius 1 is 1.36 bits per heavy atom. The number of rotatable bonds is 4. The van der Waals surface area contributed by atoms with Gasteiger partial charge in [0.2, 0.25) is 0 Å². The molecular formula is C10H14N2O2. The van der Waals surface area contributed by atoms with Crippen molar-refractivity contribution in [3.05, 3.63) is 35.4 Å². The van der Waals surface area contributed by atoms with Crippen molar-refractivity contribution in [2.45, 2.75) is 12.5 Å². The maximum Gasteiger partial charge on any atom is 0.307 e. The maximum absolute atomic E-state index is 10.4. The standard InChI is InChI=1S/C10H14N2O2/c11-6-9(12)8-3-1-7(2-4-8)5-10(13)14/h1-4,9H,5-6,11-12H2,(H,13,14)/t9-/m1/s1. The minimum absolute atomic E-state index is 0.0398. The van der Waals surface area contributed by atoms with Gasteiger partial charge in [-0.25, -0.2) is 0 Å². The minimum Gasteiger partial charge on any atom is -0.481 e. The lowest BCUT2D eigenvalue weighted by Gasteiger charge is -2.08. The number of carboxylic acid groups (broad SMARTS) is 1. The highest BCUT2D eigenvalue weighted by Crippen LogP contribution is 2.10. The lowest BCUT2D eigenvalue weighted by Crippen LogP contribution is -2.20. The lowest BCUT2D eigenvalue weighted by atomic mass is 10.0. The topological polar surface area (TPSA) is 89.3 Å². The second kappa shape index (κ2) is 4.74. The Hall–Kier alpha value is -1.39. The summed E-state index contributed by atoms with van der Waals surface area (Å²) in [5.41, 5.74) is 12.8. The molecule has 0 saturated carbocycles. The van der Waals surface area contributed by atoms with Crippen molar-refractivity contribution in [1.82, 2.24) is 0 Å². The zero-order valence-corrected chi connectivity index (χ0v) is 7.81. The van der Waals surface area contributed by atoms with Crippen LogP contribution in [0.1, 0.15) is 17.2 Å². The fourth-order valence-corrected chi connectivity index (χ4v) is 1.19. The highest BCUT2D eigenvalue weighted by molar-refractivity contribution is 5.70. The predicted octanol–water partition coefficient (Wildman–Crippen LogP) is 0.272. The summed E-state index contributed by atoms with van der Waals surface area (Å²) in [4.78, 5) is 10.4. The first kappa shape index (κ1) is 10.7. The van der Waals surface area contributed by atoms with Gasteiger partial charge in [-0.2, -0.15) is 0 Å². The van der Waals surface area contributed by atoms with Gasteiger partial charge in [-0.15, -0.1) is 0 Å². The maximum atomic E-state index is 10.4. The van der Waals surface area contributed by atoms with Gasteiger partial charge in [0.1, 0.15) is 0 Å². The molecule has 4 heteroatoms. The number of nitrogens with two attached hydrogens (primary N) is 2. The van der Waals surface area contributed by atoms with Crippen molar-refractivity contribution in [1.29, 1.82) is 0 Å². The summed E-state index contributed by atoms with van der Waals surface area (Å²) in [6.45, 7) is 0.387. The van der Waals surface area contributed by atoms with E-state index in [2.05, 4.69) is 0 Å². The third-order valence-electron chi connectivity index (χ3n) is 2.02. The van der Waals surface area contributed by atoms with Gasteiger partial charge >= 0.3 is 5.97 Å². The zero-order valence-electron chi connectivity index (χ0n) is 7.81. The molecule has 4 nitrogen and oxygen atoms in total. The van der Waals surface area contributed by atoms with E-state index in [-0.39, 0.29) is 12.5 Å². The third kappa shape index (κ3) is 2.83. The van der Waals surface area contributed by atoms with E-state index in [1.54, 1.807) is 12.1 Å². The molecule has 0 spiro atoms. The number of benzene rings is 1. The van der Waals surface area contributed by atoms with E-state index in [9.17, 15) is 4.79 Å². The van der Waals surface area contributed by atoms with Crippen molar-refractivity contribution >= 4 is 5.97 Å². The van der Waals surface area contributed by atoms with Gasteiger partial charge in [-0.05, 0) is 11.1 Å². The number of carboxylic acids is 1. The van der Waals surface area contributed by atoms with Crippen LogP contribution >= 0.6 is 0 Å². The largest absolute Gasteiger partial charge is 0.481 e. The summed E-state index contributed by atoms with van der Waals surface area (Å²) in [7, 11) is 0. The van der Waals surface area contributed by atoms with Crippen LogP contribution in [0.15, 0.2) is 24.3 Å². The predicted molar refractivity (Wildman–Crippen MR) is 53.8 cm³/mol. The highest BCUT2D eigenvalue weighted by atomic mass is 16.4. The van der Waals surface area contributed by atoms with Crippen LogP contribution < -0.4 is 11.5 Å². The second-order valence-electron chi connectivity index (χ2n) is 3.15. The van der Waals surface area contributed by atoms with E-state index >= 15 is 0 Å². The molecule has 76 valence electrons. The van der Waals surface area contributed by atoms with E-state index in [0.717, 1.165) is 11.1 Å². The molecule has 0 saturated heterocycles. The number of carbonyl (C=O) groups is 1. The summed E-state index contributed by atoms with van der Waals surface area (Å²) in [5, 5.41) is 8.55. The molecule has 1 aromatic carbocycles. The highest BCUT2D eigenvalue weighted by Gasteiger charge is 2.04. The number of hydrogen-bond donors (Lipinski definition) is 3. The SMILES string of the molecule is NC[C@@H](N)c1ccc(CC(=O)O)cc1. The fourth-order valence-electron chi connectivity index (χ4n) is 1.19. The van der Waals surface area contributed by atoms with E-state index in [0.29, 0.717) is 6.54 Å². The molecule has 1 aromatic rings. The van der Waals surface area contributed by atoms with Crippen LogP contribution in [-0.2, 0) is 11.2 Å². The monoisotopic (exact) mass is 194 g/mol. The van der Waals surface area contributed by atoms with Gasteiger partial charge in [0.25, 0.3) is 0 Å². The quantitative estimate of drug-likeness (QED) is 0.642. The smallest absolute Gasteiger partial charge is 0.307 e. The van der Waals surface area contributed by atoms with E-state index < -0.39 is 5.97 Å². The van der Waals surface area contributed by atoms with Crippen LogP contribution in [0, 0.1) is 0 Å². The molecule has 14 heavy (non-hydrogen) atoms. The molecule has 0 fully saturated rings. The third-order valence-corrected chi connectivity index (χ3v) is 2.02.